The molecule has 1 fully saturated rings. The summed E-state index contributed by atoms with van der Waals surface area (Å²) in [4.78, 5) is 12.2. The van der Waals surface area contributed by atoms with Crippen molar-refractivity contribution in [2.24, 2.45) is 5.92 Å². The van der Waals surface area contributed by atoms with Crippen LogP contribution in [0.2, 0.25) is 0 Å². The standard InChI is InChI=1S/C22H28N4OS/c1-5-11-25(14-16-6-7-16)22-21(28-4)24-20-19(23-10-12-26(20)22)18-9-8-17(27-3)13-15(18)2/h8-10,12-13,16H,5-7,11,14H2,1-4H3. The normalized spacial score (nSPS) is 13.9. The van der Waals surface area contributed by atoms with E-state index in [0.29, 0.717) is 0 Å². The highest BCUT2D eigenvalue weighted by molar-refractivity contribution is 7.98. The molecule has 2 aromatic heterocycles. The lowest BCUT2D eigenvalue weighted by atomic mass is 10.1. The van der Waals surface area contributed by atoms with Crippen molar-refractivity contribution in [2.45, 2.75) is 38.1 Å². The molecule has 1 saturated carbocycles. The zero-order valence-corrected chi connectivity index (χ0v) is 17.9. The van der Waals surface area contributed by atoms with Crippen LogP contribution in [-0.4, -0.2) is 40.8 Å². The molecule has 0 spiro atoms. The molecule has 2 heterocycles. The lowest BCUT2D eigenvalue weighted by molar-refractivity contribution is 0.414. The van der Waals surface area contributed by atoms with Crippen LogP contribution in [0.5, 0.6) is 5.75 Å². The molecule has 0 atom stereocenters. The number of rotatable bonds is 8. The van der Waals surface area contributed by atoms with E-state index in [9.17, 15) is 0 Å². The van der Waals surface area contributed by atoms with Gasteiger partial charge in [0.05, 0.1) is 7.11 Å². The van der Waals surface area contributed by atoms with Crippen LogP contribution in [0.4, 0.5) is 5.82 Å². The number of benzene rings is 1. The number of fused-ring (bicyclic) bond motifs is 1. The van der Waals surface area contributed by atoms with Crippen LogP contribution < -0.4 is 9.64 Å². The van der Waals surface area contributed by atoms with Gasteiger partial charge in [-0.3, -0.25) is 9.38 Å². The zero-order chi connectivity index (χ0) is 19.7. The van der Waals surface area contributed by atoms with Gasteiger partial charge in [-0.15, -0.1) is 11.8 Å². The third-order valence-corrected chi connectivity index (χ3v) is 6.00. The Morgan fingerprint density at radius 3 is 2.79 bits per heavy atom. The van der Waals surface area contributed by atoms with Gasteiger partial charge < -0.3 is 9.64 Å². The minimum Gasteiger partial charge on any atom is -0.497 e. The van der Waals surface area contributed by atoms with E-state index in [1.54, 1.807) is 18.9 Å². The van der Waals surface area contributed by atoms with Crippen LogP contribution in [0.3, 0.4) is 0 Å². The Balaban J connectivity index is 1.85. The fourth-order valence-corrected chi connectivity index (χ4v) is 4.34. The summed E-state index contributed by atoms with van der Waals surface area (Å²) in [6, 6.07) is 6.12. The van der Waals surface area contributed by atoms with Crippen LogP contribution in [-0.2, 0) is 0 Å². The average molecular weight is 397 g/mol. The van der Waals surface area contributed by atoms with E-state index in [1.807, 2.05) is 12.3 Å². The average Bonchev–Trinajstić information content (AvgIpc) is 3.44. The maximum Gasteiger partial charge on any atom is 0.166 e. The minimum atomic E-state index is 0.831. The van der Waals surface area contributed by atoms with Crippen molar-refractivity contribution in [3.63, 3.8) is 0 Å². The number of thioether (sulfide) groups is 1. The van der Waals surface area contributed by atoms with Crippen molar-refractivity contribution in [1.82, 2.24) is 14.4 Å². The van der Waals surface area contributed by atoms with Crippen molar-refractivity contribution in [1.29, 1.82) is 0 Å². The van der Waals surface area contributed by atoms with Gasteiger partial charge in [0.1, 0.15) is 22.3 Å². The lowest BCUT2D eigenvalue weighted by Gasteiger charge is -2.24. The molecule has 0 amide bonds. The Hall–Kier alpha value is -2.21. The number of aryl methyl sites for hydroxylation is 1. The van der Waals surface area contributed by atoms with Crippen LogP contribution in [0.1, 0.15) is 31.7 Å². The van der Waals surface area contributed by atoms with E-state index >= 15 is 0 Å². The third kappa shape index (κ3) is 3.58. The summed E-state index contributed by atoms with van der Waals surface area (Å²) in [7, 11) is 1.70. The van der Waals surface area contributed by atoms with E-state index in [1.165, 1.54) is 18.7 Å². The molecule has 0 N–H and O–H groups in total. The lowest BCUT2D eigenvalue weighted by Crippen LogP contribution is -2.28. The Morgan fingerprint density at radius 2 is 2.14 bits per heavy atom. The predicted molar refractivity (Wildman–Crippen MR) is 117 cm³/mol. The number of hydrogen-bond donors (Lipinski definition) is 0. The second-order valence-corrected chi connectivity index (χ2v) is 8.28. The van der Waals surface area contributed by atoms with Crippen LogP contribution in [0.15, 0.2) is 35.6 Å². The van der Waals surface area contributed by atoms with Crippen LogP contribution >= 0.6 is 11.8 Å². The number of aromatic nitrogens is 3. The molecular formula is C22H28N4OS. The Morgan fingerprint density at radius 1 is 1.32 bits per heavy atom. The van der Waals surface area contributed by atoms with Gasteiger partial charge in [-0.2, -0.15) is 0 Å². The van der Waals surface area contributed by atoms with Gasteiger partial charge in [0.15, 0.2) is 5.65 Å². The smallest absolute Gasteiger partial charge is 0.166 e. The maximum absolute atomic E-state index is 5.36. The molecule has 6 heteroatoms. The van der Waals surface area contributed by atoms with Gasteiger partial charge in [0.2, 0.25) is 0 Å². The first kappa shape index (κ1) is 19.1. The summed E-state index contributed by atoms with van der Waals surface area (Å²) < 4.78 is 7.60. The molecule has 1 aliphatic rings. The van der Waals surface area contributed by atoms with Gasteiger partial charge in [-0.25, -0.2) is 4.98 Å². The van der Waals surface area contributed by atoms with E-state index < -0.39 is 0 Å². The summed E-state index contributed by atoms with van der Waals surface area (Å²) in [5, 5.41) is 1.08. The van der Waals surface area contributed by atoms with Gasteiger partial charge in [-0.1, -0.05) is 6.92 Å². The van der Waals surface area contributed by atoms with Crippen molar-refractivity contribution in [3.05, 3.63) is 36.2 Å². The van der Waals surface area contributed by atoms with Gasteiger partial charge in [-0.05, 0) is 62.1 Å². The zero-order valence-electron chi connectivity index (χ0n) is 17.1. The summed E-state index contributed by atoms with van der Waals surface area (Å²) >= 11 is 1.72. The molecule has 148 valence electrons. The van der Waals surface area contributed by atoms with Crippen molar-refractivity contribution in [3.8, 4) is 17.0 Å². The molecule has 0 unspecified atom stereocenters. The highest BCUT2D eigenvalue weighted by Gasteiger charge is 2.28. The molecule has 4 rings (SSSR count). The fraction of sp³-hybridized carbons (Fsp3) is 0.455. The number of anilines is 1. The quantitative estimate of drug-likeness (QED) is 0.498. The molecule has 5 nitrogen and oxygen atoms in total. The van der Waals surface area contributed by atoms with Gasteiger partial charge in [0.25, 0.3) is 0 Å². The first-order chi connectivity index (χ1) is 13.7. The van der Waals surface area contributed by atoms with E-state index in [4.69, 9.17) is 14.7 Å². The number of methoxy groups -OCH3 is 1. The first-order valence-electron chi connectivity index (χ1n) is 9.97. The molecule has 1 aliphatic carbocycles. The van der Waals surface area contributed by atoms with E-state index in [2.05, 4.69) is 47.7 Å². The second kappa shape index (κ2) is 8.03. The number of ether oxygens (including phenoxy) is 1. The Bertz CT molecular complexity index is 980. The summed E-state index contributed by atoms with van der Waals surface area (Å²) in [5.41, 5.74) is 4.08. The predicted octanol–water partition coefficient (Wildman–Crippen LogP) is 5.06. The Labute approximate surface area is 171 Å². The molecule has 1 aromatic carbocycles. The fourth-order valence-electron chi connectivity index (χ4n) is 3.75. The van der Waals surface area contributed by atoms with E-state index in [-0.39, 0.29) is 0 Å². The molecular weight excluding hydrogens is 368 g/mol. The Kier molecular flexibility index (Phi) is 5.49. The van der Waals surface area contributed by atoms with Crippen molar-refractivity contribution in [2.75, 3.05) is 31.4 Å². The summed E-state index contributed by atoms with van der Waals surface area (Å²) in [6.07, 6.45) is 9.88. The topological polar surface area (TPSA) is 42.7 Å². The SMILES string of the molecule is CCCN(CC1CC1)c1c(SC)nc2c(-c3ccc(OC)cc3C)nccn12. The highest BCUT2D eigenvalue weighted by Crippen LogP contribution is 2.37. The van der Waals surface area contributed by atoms with Crippen molar-refractivity contribution >= 4 is 23.2 Å². The van der Waals surface area contributed by atoms with Crippen molar-refractivity contribution < 1.29 is 4.74 Å². The van der Waals surface area contributed by atoms with Gasteiger partial charge >= 0.3 is 0 Å². The van der Waals surface area contributed by atoms with Crippen LogP contribution in [0, 0.1) is 12.8 Å². The second-order valence-electron chi connectivity index (χ2n) is 7.48. The maximum atomic E-state index is 5.36. The first-order valence-corrected chi connectivity index (χ1v) is 11.2. The molecule has 0 radical (unpaired) electrons. The monoisotopic (exact) mass is 396 g/mol. The largest absolute Gasteiger partial charge is 0.497 e. The minimum absolute atomic E-state index is 0.831. The number of imidazole rings is 1. The molecule has 28 heavy (non-hydrogen) atoms. The van der Waals surface area contributed by atoms with E-state index in [0.717, 1.165) is 58.7 Å². The van der Waals surface area contributed by atoms with Crippen LogP contribution in [0.25, 0.3) is 16.9 Å². The van der Waals surface area contributed by atoms with Gasteiger partial charge in [0, 0.05) is 31.0 Å². The third-order valence-electron chi connectivity index (χ3n) is 5.34. The highest BCUT2D eigenvalue weighted by atomic mass is 32.2. The molecule has 3 aromatic rings. The summed E-state index contributed by atoms with van der Waals surface area (Å²) in [6.45, 7) is 6.51. The molecule has 0 aliphatic heterocycles. The summed E-state index contributed by atoms with van der Waals surface area (Å²) in [5.74, 6) is 2.91. The number of hydrogen-bond acceptors (Lipinski definition) is 5. The number of nitrogens with zero attached hydrogens (tertiary/aromatic N) is 4. The molecule has 0 bridgehead atoms. The molecule has 0 saturated heterocycles.